The molecule has 3 rings (SSSR count). The molecule has 2 heterocycles. The molecule has 0 aliphatic carbocycles. The summed E-state index contributed by atoms with van der Waals surface area (Å²) in [5, 5.41) is 4.18. The van der Waals surface area contributed by atoms with Gasteiger partial charge in [-0.25, -0.2) is 9.07 Å². The summed E-state index contributed by atoms with van der Waals surface area (Å²) in [4.78, 5) is 26.0. The van der Waals surface area contributed by atoms with Crippen LogP contribution in [0.3, 0.4) is 0 Å². The average Bonchev–Trinajstić information content (AvgIpc) is 3.18. The van der Waals surface area contributed by atoms with Gasteiger partial charge in [0.1, 0.15) is 11.5 Å². The Morgan fingerprint density at radius 1 is 1.24 bits per heavy atom. The Morgan fingerprint density at radius 3 is 2.72 bits per heavy atom. The van der Waals surface area contributed by atoms with Crippen LogP contribution in [0.1, 0.15) is 54.7 Å². The number of carbonyl (C=O) groups is 1. The number of nitrogens with zero attached hydrogens (tertiary/aromatic N) is 3. The van der Waals surface area contributed by atoms with Crippen molar-refractivity contribution in [3.05, 3.63) is 63.8 Å². The number of amides is 1. The summed E-state index contributed by atoms with van der Waals surface area (Å²) in [7, 11) is 1.75. The van der Waals surface area contributed by atoms with Crippen molar-refractivity contribution in [3.63, 3.8) is 0 Å². The van der Waals surface area contributed by atoms with Crippen LogP contribution < -0.4 is 16.4 Å². The normalized spacial score (nSPS) is 18.7. The Kier molecular flexibility index (Phi) is 7.11. The fourth-order valence-corrected chi connectivity index (χ4v) is 3.53. The van der Waals surface area contributed by atoms with Crippen molar-refractivity contribution in [2.45, 2.75) is 51.2 Å². The number of hydrazine groups is 1. The van der Waals surface area contributed by atoms with E-state index in [9.17, 15) is 14.0 Å². The highest BCUT2D eigenvalue weighted by Crippen LogP contribution is 2.24. The van der Waals surface area contributed by atoms with Crippen LogP contribution in [0.15, 0.2) is 41.2 Å². The molecule has 0 saturated carbocycles. The van der Waals surface area contributed by atoms with Crippen molar-refractivity contribution in [1.82, 2.24) is 25.5 Å². The molecular weight excluding hydrogens is 373 g/mol. The maximum Gasteiger partial charge on any atom is 0.274 e. The third-order valence-electron chi connectivity index (χ3n) is 5.17. The second kappa shape index (κ2) is 9.76. The van der Waals surface area contributed by atoms with Gasteiger partial charge in [-0.15, -0.1) is 0 Å². The smallest absolute Gasteiger partial charge is 0.274 e. The molecule has 0 bridgehead atoms. The van der Waals surface area contributed by atoms with Gasteiger partial charge in [0.15, 0.2) is 0 Å². The van der Waals surface area contributed by atoms with Crippen LogP contribution in [0.4, 0.5) is 4.39 Å². The molecule has 0 spiro atoms. The molecule has 8 heteroatoms. The molecule has 1 aromatic heterocycles. The van der Waals surface area contributed by atoms with E-state index in [4.69, 9.17) is 0 Å². The zero-order valence-electron chi connectivity index (χ0n) is 16.9. The number of hydrogen-bond donors (Lipinski definition) is 2. The Morgan fingerprint density at radius 2 is 2.00 bits per heavy atom. The number of carbonyl (C=O) groups excluding carboxylic acids is 1. The third-order valence-corrected chi connectivity index (χ3v) is 5.17. The zero-order chi connectivity index (χ0) is 20.8. The molecule has 1 saturated heterocycles. The fourth-order valence-electron chi connectivity index (χ4n) is 3.53. The van der Waals surface area contributed by atoms with Crippen LogP contribution in [0.5, 0.6) is 0 Å². The number of aryl methyl sites for hydroxylation is 1. The quantitative estimate of drug-likeness (QED) is 0.709. The summed E-state index contributed by atoms with van der Waals surface area (Å²) in [5.74, 6) is -0.417. The monoisotopic (exact) mass is 401 g/mol. The molecular formula is C21H28FN5O2. The van der Waals surface area contributed by atoms with Gasteiger partial charge in [0, 0.05) is 38.3 Å². The summed E-state index contributed by atoms with van der Waals surface area (Å²) < 4.78 is 14.4. The molecule has 2 N–H and O–H groups in total. The first-order chi connectivity index (χ1) is 14.0. The predicted octanol–water partition coefficient (Wildman–Crippen LogP) is 2.25. The van der Waals surface area contributed by atoms with E-state index in [1.54, 1.807) is 24.1 Å². The highest BCUT2D eigenvalue weighted by molar-refractivity contribution is 5.91. The lowest BCUT2D eigenvalue weighted by molar-refractivity contribution is 0.0783. The van der Waals surface area contributed by atoms with Crippen molar-refractivity contribution in [2.75, 3.05) is 13.6 Å². The van der Waals surface area contributed by atoms with Crippen LogP contribution in [0, 0.1) is 5.82 Å². The Balaban J connectivity index is 1.47. The van der Waals surface area contributed by atoms with E-state index in [-0.39, 0.29) is 35.1 Å². The number of halogens is 1. The van der Waals surface area contributed by atoms with E-state index in [0.29, 0.717) is 13.1 Å². The van der Waals surface area contributed by atoms with Gasteiger partial charge in [0.25, 0.3) is 11.5 Å². The van der Waals surface area contributed by atoms with Crippen molar-refractivity contribution in [1.29, 1.82) is 0 Å². The highest BCUT2D eigenvalue weighted by atomic mass is 19.1. The van der Waals surface area contributed by atoms with Crippen molar-refractivity contribution < 1.29 is 9.18 Å². The van der Waals surface area contributed by atoms with Gasteiger partial charge in [-0.2, -0.15) is 5.10 Å². The molecule has 1 aliphatic rings. The van der Waals surface area contributed by atoms with Gasteiger partial charge in [0.2, 0.25) is 0 Å². The summed E-state index contributed by atoms with van der Waals surface area (Å²) in [6.45, 7) is 3.06. The van der Waals surface area contributed by atoms with Gasteiger partial charge in [0.05, 0.1) is 0 Å². The van der Waals surface area contributed by atoms with Crippen LogP contribution in [0.25, 0.3) is 0 Å². The Bertz CT molecular complexity index is 883. The van der Waals surface area contributed by atoms with E-state index in [0.717, 1.165) is 31.2 Å². The predicted molar refractivity (Wildman–Crippen MR) is 109 cm³/mol. The topological polar surface area (TPSA) is 79.3 Å². The molecule has 1 amide bonds. The maximum absolute atomic E-state index is 13.1. The van der Waals surface area contributed by atoms with Gasteiger partial charge in [-0.3, -0.25) is 20.4 Å². The lowest BCUT2D eigenvalue weighted by Crippen LogP contribution is -2.33. The van der Waals surface area contributed by atoms with Crippen molar-refractivity contribution in [2.24, 2.45) is 0 Å². The standard InChI is InChI=1S/C21H28FN5O2/c1-3-12-27-20(28)11-10-18(25-27)21(29)26(2)13-4-5-17-14-19(24-23-17)15-6-8-16(22)9-7-15/h6-11,17,19,23-24H,3-5,12-14H2,1-2H3. The number of aromatic nitrogens is 2. The minimum Gasteiger partial charge on any atom is -0.340 e. The SMILES string of the molecule is CCCn1nc(C(=O)N(C)CCCC2CC(c3ccc(F)cc3)NN2)ccc1=O. The van der Waals surface area contributed by atoms with Crippen LogP contribution in [-0.2, 0) is 6.54 Å². The van der Waals surface area contributed by atoms with Gasteiger partial charge in [-0.05, 0) is 49.4 Å². The zero-order valence-corrected chi connectivity index (χ0v) is 16.9. The summed E-state index contributed by atoms with van der Waals surface area (Å²) in [5.41, 5.74) is 7.70. The Labute approximate surface area is 169 Å². The molecule has 2 atom stereocenters. The van der Waals surface area contributed by atoms with Gasteiger partial charge in [-0.1, -0.05) is 19.1 Å². The molecule has 1 aliphatic heterocycles. The fraction of sp³-hybridized carbons (Fsp3) is 0.476. The van der Waals surface area contributed by atoms with E-state index in [2.05, 4.69) is 16.0 Å². The van der Waals surface area contributed by atoms with E-state index >= 15 is 0 Å². The molecule has 1 fully saturated rings. The van der Waals surface area contributed by atoms with Gasteiger partial charge >= 0.3 is 0 Å². The average molecular weight is 401 g/mol. The third kappa shape index (κ3) is 5.48. The number of hydrogen-bond acceptors (Lipinski definition) is 5. The molecule has 1 aromatic carbocycles. The highest BCUT2D eigenvalue weighted by Gasteiger charge is 2.25. The first kappa shape index (κ1) is 21.1. The first-order valence-electron chi connectivity index (χ1n) is 10.1. The van der Waals surface area contributed by atoms with Gasteiger partial charge < -0.3 is 4.90 Å². The molecule has 2 unspecified atom stereocenters. The molecule has 7 nitrogen and oxygen atoms in total. The summed E-state index contributed by atoms with van der Waals surface area (Å²) >= 11 is 0. The van der Waals surface area contributed by atoms with Crippen LogP contribution in [-0.4, -0.2) is 40.2 Å². The molecule has 0 radical (unpaired) electrons. The second-order valence-corrected chi connectivity index (χ2v) is 7.47. The minimum absolute atomic E-state index is 0.156. The van der Waals surface area contributed by atoms with Crippen molar-refractivity contribution >= 4 is 5.91 Å². The van der Waals surface area contributed by atoms with Crippen LogP contribution >= 0.6 is 0 Å². The van der Waals surface area contributed by atoms with E-state index < -0.39 is 0 Å². The van der Waals surface area contributed by atoms with E-state index in [1.165, 1.54) is 28.9 Å². The van der Waals surface area contributed by atoms with Crippen molar-refractivity contribution in [3.8, 4) is 0 Å². The lowest BCUT2D eigenvalue weighted by Gasteiger charge is -2.18. The van der Waals surface area contributed by atoms with E-state index in [1.807, 2.05) is 6.92 Å². The number of benzene rings is 1. The summed E-state index contributed by atoms with van der Waals surface area (Å²) in [6, 6.07) is 9.88. The second-order valence-electron chi connectivity index (χ2n) is 7.47. The number of rotatable bonds is 8. The summed E-state index contributed by atoms with van der Waals surface area (Å²) in [6.07, 6.45) is 3.44. The molecule has 2 aromatic rings. The van der Waals surface area contributed by atoms with Crippen LogP contribution in [0.2, 0.25) is 0 Å². The minimum atomic E-state index is -0.233. The Hall–Kier alpha value is -2.58. The lowest BCUT2D eigenvalue weighted by atomic mass is 9.99. The molecule has 29 heavy (non-hydrogen) atoms. The maximum atomic E-state index is 13.1. The number of nitrogens with one attached hydrogen (secondary N) is 2. The molecule has 156 valence electrons. The largest absolute Gasteiger partial charge is 0.340 e. The first-order valence-corrected chi connectivity index (χ1v) is 10.1.